The highest BCUT2D eigenvalue weighted by molar-refractivity contribution is 5.66. The van der Waals surface area contributed by atoms with Crippen LogP contribution < -0.4 is 5.32 Å². The molecule has 0 aromatic rings. The maximum absolute atomic E-state index is 10.3. The highest BCUT2D eigenvalue weighted by Crippen LogP contribution is 2.09. The summed E-state index contributed by atoms with van der Waals surface area (Å²) in [5, 5.41) is 21.3. The van der Waals surface area contributed by atoms with Gasteiger partial charge in [-0.1, -0.05) is 51.9 Å². The minimum absolute atomic E-state index is 0.251. The quantitative estimate of drug-likeness (QED) is 0.317. The second-order valence-electron chi connectivity index (χ2n) is 5.58. The third-order valence-electron chi connectivity index (χ3n) is 3.53. The monoisotopic (exact) mass is 287 g/mol. The maximum Gasteiger partial charge on any atom is 0.303 e. The van der Waals surface area contributed by atoms with Gasteiger partial charge in [0.25, 0.3) is 0 Å². The predicted molar refractivity (Wildman–Crippen MR) is 82.7 cm³/mol. The van der Waals surface area contributed by atoms with Crippen LogP contribution in [0.15, 0.2) is 0 Å². The second kappa shape index (κ2) is 14.8. The molecule has 0 radical (unpaired) electrons. The van der Waals surface area contributed by atoms with Crippen LogP contribution in [0, 0.1) is 0 Å². The molecule has 0 heterocycles. The van der Waals surface area contributed by atoms with Crippen molar-refractivity contribution in [2.45, 2.75) is 90.2 Å². The van der Waals surface area contributed by atoms with Gasteiger partial charge in [0, 0.05) is 6.42 Å². The van der Waals surface area contributed by atoms with Gasteiger partial charge in [0.2, 0.25) is 0 Å². The molecule has 0 spiro atoms. The molecule has 20 heavy (non-hydrogen) atoms. The van der Waals surface area contributed by atoms with Crippen LogP contribution in [0.2, 0.25) is 0 Å². The number of aliphatic hydroxyl groups excluding tert-OH is 1. The van der Waals surface area contributed by atoms with Gasteiger partial charge in [0.15, 0.2) is 0 Å². The van der Waals surface area contributed by atoms with E-state index in [1.54, 1.807) is 0 Å². The highest BCUT2D eigenvalue weighted by atomic mass is 16.4. The molecule has 0 aromatic carbocycles. The van der Waals surface area contributed by atoms with Crippen LogP contribution in [0.4, 0.5) is 0 Å². The van der Waals surface area contributed by atoms with Gasteiger partial charge >= 0.3 is 5.97 Å². The molecule has 4 nitrogen and oxygen atoms in total. The van der Waals surface area contributed by atoms with Crippen LogP contribution in [0.3, 0.4) is 0 Å². The van der Waals surface area contributed by atoms with Crippen LogP contribution in [0.5, 0.6) is 0 Å². The zero-order chi connectivity index (χ0) is 15.1. The summed E-state index contributed by atoms with van der Waals surface area (Å²) in [7, 11) is 0. The summed E-state index contributed by atoms with van der Waals surface area (Å²) in [5.41, 5.74) is 0. The Hall–Kier alpha value is -0.610. The number of unbranched alkanes of at least 4 members (excludes halogenated alkanes) is 8. The fraction of sp³-hybridized carbons (Fsp3) is 0.938. The number of aliphatic hydroxyl groups is 1. The van der Waals surface area contributed by atoms with Crippen LogP contribution in [0.1, 0.15) is 84.0 Å². The van der Waals surface area contributed by atoms with Crippen LogP contribution >= 0.6 is 0 Å². The molecule has 0 saturated heterocycles. The average Bonchev–Trinajstić information content (AvgIpc) is 2.41. The second-order valence-corrected chi connectivity index (χ2v) is 5.58. The van der Waals surface area contributed by atoms with Crippen molar-refractivity contribution in [3.8, 4) is 0 Å². The van der Waals surface area contributed by atoms with E-state index in [9.17, 15) is 9.90 Å². The van der Waals surface area contributed by atoms with Crippen molar-refractivity contribution < 1.29 is 15.0 Å². The number of carboxylic acid groups (broad SMARTS) is 1. The van der Waals surface area contributed by atoms with E-state index in [0.717, 1.165) is 38.6 Å². The Labute approximate surface area is 124 Å². The van der Waals surface area contributed by atoms with Crippen molar-refractivity contribution in [2.24, 2.45) is 0 Å². The lowest BCUT2D eigenvalue weighted by Crippen LogP contribution is -2.29. The molecule has 0 fully saturated rings. The Balaban J connectivity index is 3.16. The molecule has 0 aliphatic carbocycles. The Morgan fingerprint density at radius 3 is 2.20 bits per heavy atom. The summed E-state index contributed by atoms with van der Waals surface area (Å²) in [4.78, 5) is 10.3. The molecule has 0 aliphatic rings. The summed E-state index contributed by atoms with van der Waals surface area (Å²) in [6, 6.07) is 0. The van der Waals surface area contributed by atoms with Gasteiger partial charge in [-0.15, -0.1) is 0 Å². The first-order chi connectivity index (χ1) is 9.66. The molecular weight excluding hydrogens is 254 g/mol. The van der Waals surface area contributed by atoms with Crippen molar-refractivity contribution in [2.75, 3.05) is 6.54 Å². The van der Waals surface area contributed by atoms with Crippen LogP contribution in [-0.2, 0) is 4.79 Å². The molecule has 1 unspecified atom stereocenters. The SMILES string of the molecule is CCCCCCCCCC(O)NCCCCCC(=O)O. The van der Waals surface area contributed by atoms with E-state index in [1.807, 2.05) is 0 Å². The highest BCUT2D eigenvalue weighted by Gasteiger charge is 2.02. The molecule has 1 atom stereocenters. The largest absolute Gasteiger partial charge is 0.481 e. The number of carbonyl (C=O) groups is 1. The fourth-order valence-corrected chi connectivity index (χ4v) is 2.24. The first-order valence-electron chi connectivity index (χ1n) is 8.30. The zero-order valence-electron chi connectivity index (χ0n) is 13.1. The van der Waals surface area contributed by atoms with Gasteiger partial charge in [-0.2, -0.15) is 0 Å². The molecule has 4 heteroatoms. The van der Waals surface area contributed by atoms with Gasteiger partial charge in [0.1, 0.15) is 6.23 Å². The van der Waals surface area contributed by atoms with Crippen LogP contribution in [-0.4, -0.2) is 29.0 Å². The Bertz CT molecular complexity index is 222. The first kappa shape index (κ1) is 19.4. The molecule has 0 aromatic heterocycles. The van der Waals surface area contributed by atoms with Gasteiger partial charge < -0.3 is 10.2 Å². The number of hydrogen-bond acceptors (Lipinski definition) is 3. The number of hydrogen-bond donors (Lipinski definition) is 3. The summed E-state index contributed by atoms with van der Waals surface area (Å²) >= 11 is 0. The van der Waals surface area contributed by atoms with E-state index in [0.29, 0.717) is 0 Å². The Morgan fingerprint density at radius 1 is 0.950 bits per heavy atom. The molecule has 0 rings (SSSR count). The summed E-state index contributed by atoms with van der Waals surface area (Å²) in [6.07, 6.45) is 12.1. The lowest BCUT2D eigenvalue weighted by atomic mass is 10.1. The van der Waals surface area contributed by atoms with Crippen molar-refractivity contribution in [1.82, 2.24) is 5.32 Å². The fourth-order valence-electron chi connectivity index (χ4n) is 2.24. The topological polar surface area (TPSA) is 69.6 Å². The average molecular weight is 287 g/mol. The third kappa shape index (κ3) is 15.4. The summed E-state index contributed by atoms with van der Waals surface area (Å²) in [6.45, 7) is 3.00. The lowest BCUT2D eigenvalue weighted by molar-refractivity contribution is -0.137. The number of aliphatic carboxylic acids is 1. The van der Waals surface area contributed by atoms with E-state index in [2.05, 4.69) is 12.2 Å². The van der Waals surface area contributed by atoms with E-state index >= 15 is 0 Å². The molecule has 0 amide bonds. The maximum atomic E-state index is 10.3. The number of nitrogens with one attached hydrogen (secondary N) is 1. The van der Waals surface area contributed by atoms with E-state index < -0.39 is 12.2 Å². The van der Waals surface area contributed by atoms with E-state index in [-0.39, 0.29) is 6.42 Å². The summed E-state index contributed by atoms with van der Waals surface area (Å²) in [5.74, 6) is -0.725. The van der Waals surface area contributed by atoms with Crippen molar-refractivity contribution in [1.29, 1.82) is 0 Å². The lowest BCUT2D eigenvalue weighted by Gasteiger charge is -2.12. The molecule has 0 saturated carbocycles. The molecule has 0 aliphatic heterocycles. The third-order valence-corrected chi connectivity index (χ3v) is 3.53. The number of carboxylic acids is 1. The first-order valence-corrected chi connectivity index (χ1v) is 8.30. The van der Waals surface area contributed by atoms with Crippen molar-refractivity contribution in [3.05, 3.63) is 0 Å². The number of rotatable bonds is 15. The minimum Gasteiger partial charge on any atom is -0.481 e. The van der Waals surface area contributed by atoms with E-state index in [4.69, 9.17) is 5.11 Å². The minimum atomic E-state index is -0.725. The molecule has 3 N–H and O–H groups in total. The van der Waals surface area contributed by atoms with Crippen LogP contribution in [0.25, 0.3) is 0 Å². The zero-order valence-corrected chi connectivity index (χ0v) is 13.1. The summed E-state index contributed by atoms with van der Waals surface area (Å²) < 4.78 is 0. The standard InChI is InChI=1S/C16H33NO3/c1-2-3-4-5-6-7-9-12-15(18)17-14-11-8-10-13-16(19)20/h15,17-18H,2-14H2,1H3,(H,19,20). The normalized spacial score (nSPS) is 12.5. The van der Waals surface area contributed by atoms with Gasteiger partial charge in [-0.05, 0) is 32.2 Å². The Kier molecular flexibility index (Phi) is 14.3. The van der Waals surface area contributed by atoms with Gasteiger partial charge in [-0.25, -0.2) is 0 Å². The molecule has 120 valence electrons. The smallest absolute Gasteiger partial charge is 0.303 e. The van der Waals surface area contributed by atoms with E-state index in [1.165, 1.54) is 38.5 Å². The molecule has 0 bridgehead atoms. The Morgan fingerprint density at radius 2 is 1.55 bits per heavy atom. The van der Waals surface area contributed by atoms with Crippen molar-refractivity contribution >= 4 is 5.97 Å². The van der Waals surface area contributed by atoms with Gasteiger partial charge in [0.05, 0.1) is 0 Å². The van der Waals surface area contributed by atoms with Crippen molar-refractivity contribution in [3.63, 3.8) is 0 Å². The molecular formula is C16H33NO3. The van der Waals surface area contributed by atoms with Gasteiger partial charge in [-0.3, -0.25) is 10.1 Å². The predicted octanol–water partition coefficient (Wildman–Crippen LogP) is 3.68.